The van der Waals surface area contributed by atoms with Gasteiger partial charge in [-0.15, -0.1) is 0 Å². The van der Waals surface area contributed by atoms with Crippen LogP contribution in [0.4, 0.5) is 0 Å². The van der Waals surface area contributed by atoms with Crippen molar-refractivity contribution in [3.05, 3.63) is 34.9 Å². The first-order chi connectivity index (χ1) is 10.2. The van der Waals surface area contributed by atoms with Gasteiger partial charge in [0.05, 0.1) is 6.61 Å². The third kappa shape index (κ3) is 5.82. The Morgan fingerprint density at radius 3 is 2.62 bits per heavy atom. The van der Waals surface area contributed by atoms with Crippen LogP contribution >= 0.6 is 23.4 Å². The highest BCUT2D eigenvalue weighted by atomic mass is 35.5. The molecule has 1 atom stereocenters. The van der Waals surface area contributed by atoms with E-state index in [1.807, 2.05) is 23.9 Å². The van der Waals surface area contributed by atoms with Crippen LogP contribution in [0.25, 0.3) is 0 Å². The zero-order chi connectivity index (χ0) is 15.1. The summed E-state index contributed by atoms with van der Waals surface area (Å²) < 4.78 is 0. The fraction of sp³-hybridized carbons (Fsp3) is 0.647. The molecule has 0 heterocycles. The highest BCUT2D eigenvalue weighted by Crippen LogP contribution is 2.27. The normalized spacial score (nSPS) is 17.7. The SMILES string of the molecule is CCC(CO)(CCCSCc1ccc(Cl)cc1)NC1CC1. The van der Waals surface area contributed by atoms with Gasteiger partial charge in [-0.05, 0) is 55.6 Å². The molecule has 1 aliphatic rings. The summed E-state index contributed by atoms with van der Waals surface area (Å²) in [5.74, 6) is 2.17. The van der Waals surface area contributed by atoms with Crippen molar-refractivity contribution in [3.8, 4) is 0 Å². The summed E-state index contributed by atoms with van der Waals surface area (Å²) in [4.78, 5) is 0. The number of benzene rings is 1. The Kier molecular flexibility index (Phi) is 6.87. The standard InChI is InChI=1S/C17H26ClNOS/c1-2-17(13-20,19-16-8-9-16)10-3-11-21-12-14-4-6-15(18)7-5-14/h4-7,16,19-20H,2-3,8-13H2,1H3. The van der Waals surface area contributed by atoms with Gasteiger partial charge in [0.25, 0.3) is 0 Å². The van der Waals surface area contributed by atoms with Crippen LogP contribution in [-0.4, -0.2) is 29.0 Å². The molecule has 0 aliphatic heterocycles. The van der Waals surface area contributed by atoms with E-state index in [1.54, 1.807) is 0 Å². The molecular formula is C17H26ClNOS. The Labute approximate surface area is 137 Å². The zero-order valence-corrected chi connectivity index (χ0v) is 14.3. The average Bonchev–Trinajstić information content (AvgIpc) is 3.31. The number of hydrogen-bond donors (Lipinski definition) is 2. The minimum absolute atomic E-state index is 0.0536. The minimum atomic E-state index is -0.0536. The molecule has 2 nitrogen and oxygen atoms in total. The van der Waals surface area contributed by atoms with Gasteiger partial charge in [0.15, 0.2) is 0 Å². The van der Waals surface area contributed by atoms with Crippen LogP contribution in [0.1, 0.15) is 44.6 Å². The number of aliphatic hydroxyl groups is 1. The first-order valence-corrected chi connectivity index (χ1v) is 9.41. The van der Waals surface area contributed by atoms with Crippen molar-refractivity contribution in [1.82, 2.24) is 5.32 Å². The van der Waals surface area contributed by atoms with Crippen LogP contribution in [0, 0.1) is 0 Å². The number of halogens is 1. The molecule has 1 aliphatic carbocycles. The molecule has 1 saturated carbocycles. The summed E-state index contributed by atoms with van der Waals surface area (Å²) in [5, 5.41) is 14.2. The Hall–Kier alpha value is -0.220. The molecule has 2 rings (SSSR count). The first-order valence-electron chi connectivity index (χ1n) is 7.88. The van der Waals surface area contributed by atoms with Crippen molar-refractivity contribution in [1.29, 1.82) is 0 Å². The topological polar surface area (TPSA) is 32.3 Å². The van der Waals surface area contributed by atoms with E-state index in [0.717, 1.165) is 35.8 Å². The zero-order valence-electron chi connectivity index (χ0n) is 12.8. The summed E-state index contributed by atoms with van der Waals surface area (Å²) in [6.07, 6.45) is 5.75. The first kappa shape index (κ1) is 17.1. The molecule has 0 radical (unpaired) electrons. The maximum atomic E-state index is 9.73. The lowest BCUT2D eigenvalue weighted by molar-refractivity contribution is 0.144. The van der Waals surface area contributed by atoms with Gasteiger partial charge in [-0.3, -0.25) is 0 Å². The maximum absolute atomic E-state index is 9.73. The van der Waals surface area contributed by atoms with E-state index in [1.165, 1.54) is 18.4 Å². The number of hydrogen-bond acceptors (Lipinski definition) is 3. The second-order valence-corrected chi connectivity index (χ2v) is 7.53. The molecule has 0 amide bonds. The van der Waals surface area contributed by atoms with Crippen molar-refractivity contribution in [3.63, 3.8) is 0 Å². The van der Waals surface area contributed by atoms with E-state index in [4.69, 9.17) is 11.6 Å². The van der Waals surface area contributed by atoms with Gasteiger partial charge in [-0.2, -0.15) is 11.8 Å². The monoisotopic (exact) mass is 327 g/mol. The van der Waals surface area contributed by atoms with Crippen molar-refractivity contribution in [2.24, 2.45) is 0 Å². The number of rotatable bonds is 10. The molecule has 0 bridgehead atoms. The van der Waals surface area contributed by atoms with Crippen molar-refractivity contribution in [2.45, 2.75) is 56.4 Å². The molecular weight excluding hydrogens is 302 g/mol. The van der Waals surface area contributed by atoms with E-state index in [-0.39, 0.29) is 12.1 Å². The third-order valence-corrected chi connectivity index (χ3v) is 5.56. The Morgan fingerprint density at radius 2 is 2.05 bits per heavy atom. The third-order valence-electron chi connectivity index (χ3n) is 4.19. The van der Waals surface area contributed by atoms with E-state index < -0.39 is 0 Å². The fourth-order valence-corrected chi connectivity index (χ4v) is 3.58. The number of aliphatic hydroxyl groups excluding tert-OH is 1. The minimum Gasteiger partial charge on any atom is -0.394 e. The van der Waals surface area contributed by atoms with Gasteiger partial charge < -0.3 is 10.4 Å². The van der Waals surface area contributed by atoms with E-state index in [0.29, 0.717) is 6.04 Å². The Balaban J connectivity index is 1.66. The van der Waals surface area contributed by atoms with Crippen LogP contribution in [-0.2, 0) is 5.75 Å². The molecule has 21 heavy (non-hydrogen) atoms. The van der Waals surface area contributed by atoms with Crippen molar-refractivity contribution >= 4 is 23.4 Å². The van der Waals surface area contributed by atoms with Crippen LogP contribution in [0.15, 0.2) is 24.3 Å². The summed E-state index contributed by atoms with van der Waals surface area (Å²) in [5.41, 5.74) is 1.27. The Morgan fingerprint density at radius 1 is 1.33 bits per heavy atom. The molecule has 0 spiro atoms. The van der Waals surface area contributed by atoms with Crippen molar-refractivity contribution < 1.29 is 5.11 Å². The molecule has 1 aromatic carbocycles. The number of thioether (sulfide) groups is 1. The summed E-state index contributed by atoms with van der Waals surface area (Å²) in [6.45, 7) is 2.42. The van der Waals surface area contributed by atoms with Gasteiger partial charge >= 0.3 is 0 Å². The van der Waals surface area contributed by atoms with Gasteiger partial charge in [0.1, 0.15) is 0 Å². The lowest BCUT2D eigenvalue weighted by atomic mass is 9.91. The summed E-state index contributed by atoms with van der Waals surface area (Å²) >= 11 is 7.84. The molecule has 1 fully saturated rings. The molecule has 1 aromatic rings. The molecule has 2 N–H and O–H groups in total. The van der Waals surface area contributed by atoms with Gasteiger partial charge in [0.2, 0.25) is 0 Å². The Bertz CT molecular complexity index is 415. The summed E-state index contributed by atoms with van der Waals surface area (Å²) in [6, 6.07) is 8.73. The molecule has 118 valence electrons. The molecule has 4 heteroatoms. The van der Waals surface area contributed by atoms with E-state index >= 15 is 0 Å². The van der Waals surface area contributed by atoms with E-state index in [9.17, 15) is 5.11 Å². The lowest BCUT2D eigenvalue weighted by Gasteiger charge is -2.32. The van der Waals surface area contributed by atoms with E-state index in [2.05, 4.69) is 24.4 Å². The van der Waals surface area contributed by atoms with Gasteiger partial charge in [-0.1, -0.05) is 30.7 Å². The average molecular weight is 328 g/mol. The largest absolute Gasteiger partial charge is 0.394 e. The second kappa shape index (κ2) is 8.42. The highest BCUT2D eigenvalue weighted by Gasteiger charge is 2.33. The van der Waals surface area contributed by atoms with Crippen molar-refractivity contribution in [2.75, 3.05) is 12.4 Å². The predicted octanol–water partition coefficient (Wildman–Crippen LogP) is 4.25. The number of nitrogens with one attached hydrogen (secondary N) is 1. The molecule has 1 unspecified atom stereocenters. The van der Waals surface area contributed by atoms with Gasteiger partial charge in [-0.25, -0.2) is 0 Å². The highest BCUT2D eigenvalue weighted by molar-refractivity contribution is 7.98. The molecule has 0 saturated heterocycles. The second-order valence-electron chi connectivity index (χ2n) is 5.99. The fourth-order valence-electron chi connectivity index (χ4n) is 2.53. The van der Waals surface area contributed by atoms with Crippen LogP contribution in [0.5, 0.6) is 0 Å². The van der Waals surface area contributed by atoms with Crippen LogP contribution in [0.2, 0.25) is 5.02 Å². The summed E-state index contributed by atoms with van der Waals surface area (Å²) in [7, 11) is 0. The maximum Gasteiger partial charge on any atom is 0.0613 e. The lowest BCUT2D eigenvalue weighted by Crippen LogP contribution is -2.49. The smallest absolute Gasteiger partial charge is 0.0613 e. The quantitative estimate of drug-likeness (QED) is 0.630. The van der Waals surface area contributed by atoms with Gasteiger partial charge in [0, 0.05) is 22.4 Å². The molecule has 0 aromatic heterocycles. The predicted molar refractivity (Wildman–Crippen MR) is 93.1 cm³/mol. The van der Waals surface area contributed by atoms with Crippen LogP contribution in [0.3, 0.4) is 0 Å². The van der Waals surface area contributed by atoms with Crippen LogP contribution < -0.4 is 5.32 Å².